The van der Waals surface area contributed by atoms with Crippen LogP contribution in [0.4, 0.5) is 5.69 Å². The van der Waals surface area contributed by atoms with Gasteiger partial charge in [-0.05, 0) is 42.0 Å². The summed E-state index contributed by atoms with van der Waals surface area (Å²) < 4.78 is 0. The molecule has 0 heterocycles. The quantitative estimate of drug-likeness (QED) is 0.869. The summed E-state index contributed by atoms with van der Waals surface area (Å²) in [5, 5.41) is 14.3. The minimum atomic E-state index is -1.23. The Morgan fingerprint density at radius 3 is 2.17 bits per heavy atom. The summed E-state index contributed by atoms with van der Waals surface area (Å²) in [5.74, 6) is -1.59. The topological polar surface area (TPSA) is 72.5 Å². The molecule has 0 fully saturated rings. The van der Waals surface area contributed by atoms with Crippen molar-refractivity contribution in [3.63, 3.8) is 0 Å². The normalized spacial score (nSPS) is 11.6. The van der Waals surface area contributed by atoms with Gasteiger partial charge in [-0.1, -0.05) is 23.7 Å². The Morgan fingerprint density at radius 1 is 1.08 bits per heavy atom. The Balaban J connectivity index is 2.20. The molecule has 2 rings (SSSR count). The molecule has 0 spiro atoms. The van der Waals surface area contributed by atoms with E-state index < -0.39 is 12.0 Å². The Labute approximate surface area is 145 Å². The number of carbonyl (C=O) groups excluding carboxylic acids is 2. The van der Waals surface area contributed by atoms with Crippen LogP contribution >= 0.6 is 11.6 Å². The summed E-state index contributed by atoms with van der Waals surface area (Å²) in [6.07, 6.45) is -0.305. The van der Waals surface area contributed by atoms with Gasteiger partial charge < -0.3 is 20.1 Å². The Morgan fingerprint density at radius 2 is 1.67 bits per heavy atom. The smallest absolute Gasteiger partial charge is 0.251 e. The van der Waals surface area contributed by atoms with E-state index in [2.05, 4.69) is 5.32 Å². The molecular formula is C18H18ClN2O3-. The molecular weight excluding hydrogens is 328 g/mol. The first-order valence-electron chi connectivity index (χ1n) is 7.40. The summed E-state index contributed by atoms with van der Waals surface area (Å²) in [6.45, 7) is 0. The Kier molecular flexibility index (Phi) is 5.82. The van der Waals surface area contributed by atoms with Crippen molar-refractivity contribution >= 4 is 29.2 Å². The molecule has 24 heavy (non-hydrogen) atoms. The third-order valence-corrected chi connectivity index (χ3v) is 3.85. The molecule has 0 saturated carbocycles. The van der Waals surface area contributed by atoms with Crippen LogP contribution in [-0.4, -0.2) is 26.0 Å². The van der Waals surface area contributed by atoms with Gasteiger partial charge in [-0.3, -0.25) is 4.79 Å². The van der Waals surface area contributed by atoms with E-state index in [1.54, 1.807) is 36.4 Å². The Bertz CT molecular complexity index is 712. The van der Waals surface area contributed by atoms with E-state index in [1.165, 1.54) is 0 Å². The van der Waals surface area contributed by atoms with Crippen molar-refractivity contribution in [1.29, 1.82) is 0 Å². The molecule has 0 aliphatic rings. The monoisotopic (exact) mass is 345 g/mol. The number of carbonyl (C=O) groups is 2. The van der Waals surface area contributed by atoms with Crippen LogP contribution in [0.15, 0.2) is 48.5 Å². The van der Waals surface area contributed by atoms with Gasteiger partial charge in [-0.25, -0.2) is 0 Å². The van der Waals surface area contributed by atoms with Crippen molar-refractivity contribution in [2.75, 3.05) is 19.0 Å². The van der Waals surface area contributed by atoms with Gasteiger partial charge in [0.25, 0.3) is 5.91 Å². The zero-order chi connectivity index (χ0) is 17.7. The second kappa shape index (κ2) is 7.84. The largest absolute Gasteiger partial charge is 0.550 e. The van der Waals surface area contributed by atoms with Crippen molar-refractivity contribution < 1.29 is 14.7 Å². The molecule has 5 nitrogen and oxygen atoms in total. The van der Waals surface area contributed by atoms with Gasteiger partial charge in [0.15, 0.2) is 0 Å². The van der Waals surface area contributed by atoms with E-state index in [-0.39, 0.29) is 12.3 Å². The SMILES string of the molecule is CN(C)c1ccc([C@@H](CC(=O)[O-])NC(=O)c2ccc(Cl)cc2)cc1. The van der Waals surface area contributed by atoms with Crippen molar-refractivity contribution in [3.8, 4) is 0 Å². The molecule has 0 bridgehead atoms. The molecule has 2 aromatic rings. The number of rotatable bonds is 6. The van der Waals surface area contributed by atoms with E-state index >= 15 is 0 Å². The number of aliphatic carboxylic acids is 1. The first-order chi connectivity index (χ1) is 11.4. The van der Waals surface area contributed by atoms with E-state index in [0.717, 1.165) is 5.69 Å². The Hall–Kier alpha value is -2.53. The molecule has 0 aromatic heterocycles. The van der Waals surface area contributed by atoms with Gasteiger partial charge in [0, 0.05) is 42.8 Å². The van der Waals surface area contributed by atoms with Crippen molar-refractivity contribution in [2.45, 2.75) is 12.5 Å². The molecule has 126 valence electrons. The van der Waals surface area contributed by atoms with Crippen molar-refractivity contribution in [2.24, 2.45) is 0 Å². The lowest BCUT2D eigenvalue weighted by Crippen LogP contribution is -2.34. The number of amides is 1. The highest BCUT2D eigenvalue weighted by Crippen LogP contribution is 2.21. The average molecular weight is 346 g/mol. The first-order valence-corrected chi connectivity index (χ1v) is 7.78. The van der Waals surface area contributed by atoms with Gasteiger partial charge >= 0.3 is 0 Å². The minimum Gasteiger partial charge on any atom is -0.550 e. The van der Waals surface area contributed by atoms with Crippen LogP contribution in [0.25, 0.3) is 0 Å². The van der Waals surface area contributed by atoms with Gasteiger partial charge in [0.05, 0.1) is 6.04 Å². The van der Waals surface area contributed by atoms with Crippen LogP contribution in [0.2, 0.25) is 5.02 Å². The number of hydrogen-bond donors (Lipinski definition) is 1. The molecule has 1 N–H and O–H groups in total. The lowest BCUT2D eigenvalue weighted by atomic mass is 10.0. The second-order valence-corrected chi connectivity index (χ2v) is 6.03. The fourth-order valence-electron chi connectivity index (χ4n) is 2.27. The van der Waals surface area contributed by atoms with Crippen molar-refractivity contribution in [3.05, 3.63) is 64.7 Å². The second-order valence-electron chi connectivity index (χ2n) is 5.60. The average Bonchev–Trinajstić information content (AvgIpc) is 2.54. The fourth-order valence-corrected chi connectivity index (χ4v) is 2.39. The minimum absolute atomic E-state index is 0.305. The number of carboxylic acids is 1. The van der Waals surface area contributed by atoms with Gasteiger partial charge in [-0.2, -0.15) is 0 Å². The highest BCUT2D eigenvalue weighted by atomic mass is 35.5. The molecule has 1 atom stereocenters. The van der Waals surface area contributed by atoms with E-state index in [9.17, 15) is 14.7 Å². The number of anilines is 1. The van der Waals surface area contributed by atoms with Crippen LogP contribution in [-0.2, 0) is 4.79 Å². The van der Waals surface area contributed by atoms with Gasteiger partial charge in [-0.15, -0.1) is 0 Å². The predicted molar refractivity (Wildman–Crippen MR) is 92.1 cm³/mol. The lowest BCUT2D eigenvalue weighted by molar-refractivity contribution is -0.306. The third-order valence-electron chi connectivity index (χ3n) is 3.59. The van der Waals surface area contributed by atoms with Gasteiger partial charge in [0.1, 0.15) is 0 Å². The molecule has 0 unspecified atom stereocenters. The van der Waals surface area contributed by atoms with Crippen molar-refractivity contribution in [1.82, 2.24) is 5.32 Å². The molecule has 1 amide bonds. The van der Waals surface area contributed by atoms with Gasteiger partial charge in [0.2, 0.25) is 0 Å². The molecule has 0 saturated heterocycles. The fraction of sp³-hybridized carbons (Fsp3) is 0.222. The summed E-state index contributed by atoms with van der Waals surface area (Å²) in [7, 11) is 3.83. The summed E-state index contributed by atoms with van der Waals surface area (Å²) in [4.78, 5) is 25.3. The number of nitrogens with one attached hydrogen (secondary N) is 1. The summed E-state index contributed by atoms with van der Waals surface area (Å²) >= 11 is 5.81. The molecule has 0 aliphatic heterocycles. The number of nitrogens with zero attached hydrogens (tertiary/aromatic N) is 1. The number of benzene rings is 2. The van der Waals surface area contributed by atoms with Crippen LogP contribution in [0.1, 0.15) is 28.4 Å². The molecule has 0 aliphatic carbocycles. The summed E-state index contributed by atoms with van der Waals surface area (Å²) in [6, 6.07) is 13.0. The zero-order valence-electron chi connectivity index (χ0n) is 13.5. The molecule has 2 aromatic carbocycles. The molecule has 0 radical (unpaired) electrons. The third kappa shape index (κ3) is 4.73. The maximum atomic E-state index is 12.3. The number of hydrogen-bond acceptors (Lipinski definition) is 4. The van der Waals surface area contributed by atoms with Crippen LogP contribution in [0.5, 0.6) is 0 Å². The highest BCUT2D eigenvalue weighted by Gasteiger charge is 2.16. The van der Waals surface area contributed by atoms with E-state index in [0.29, 0.717) is 16.1 Å². The van der Waals surface area contributed by atoms with Crippen LogP contribution in [0, 0.1) is 0 Å². The maximum Gasteiger partial charge on any atom is 0.251 e. The van der Waals surface area contributed by atoms with E-state index in [4.69, 9.17) is 11.6 Å². The number of carboxylic acid groups (broad SMARTS) is 1. The van der Waals surface area contributed by atoms with E-state index in [1.807, 2.05) is 31.1 Å². The predicted octanol–water partition coefficient (Wildman–Crippen LogP) is 2.02. The van der Waals surface area contributed by atoms with Crippen LogP contribution < -0.4 is 15.3 Å². The summed E-state index contributed by atoms with van der Waals surface area (Å²) in [5.41, 5.74) is 2.09. The highest BCUT2D eigenvalue weighted by molar-refractivity contribution is 6.30. The van der Waals surface area contributed by atoms with Crippen LogP contribution in [0.3, 0.4) is 0 Å². The zero-order valence-corrected chi connectivity index (χ0v) is 14.2. The maximum absolute atomic E-state index is 12.3. The number of halogens is 1. The standard InChI is InChI=1S/C18H19ClN2O3/c1-21(2)15-9-5-12(6-10-15)16(11-17(22)23)20-18(24)13-3-7-14(19)8-4-13/h3-10,16H,11H2,1-2H3,(H,20,24)(H,22,23)/p-1/t16-/m1/s1. The first kappa shape index (κ1) is 17.8. The molecule has 6 heteroatoms. The lowest BCUT2D eigenvalue weighted by Gasteiger charge is -2.21.